The zero-order chi connectivity index (χ0) is 91.7. The number of aryl methyl sites for hydroxylation is 1. The van der Waals surface area contributed by atoms with E-state index in [2.05, 4.69) is 120 Å². The number of hydrogen-bond donors (Lipinski definition) is 13. The number of nitrogens with one attached hydrogen (secondary N) is 6. The molecule has 3 saturated heterocycles. The van der Waals surface area contributed by atoms with Gasteiger partial charge in [0.25, 0.3) is 0 Å². The standard InChI is InChI=1S/C34H39F3N6O2.C34H42N6O2.C33H40N6O3/c35-34(36,37)27-14-7-9-24(21-27)16-17-31(44)41-22-28-18-20-43(32(45)30(42-28)15-8-19-40-33(38)39)23-29(25-10-3-1-4-11-25)26-12-5-2-6-13-26;1-25-10-8-11-26(22-25)17-18-32(41)38-23-29-19-21-40(33(42)31(39-29)16-9-20-37-34(35)36)24-30(27-12-4-2-5-13-27)28-14-6-3-7-15-28;34-33(35)36-19-8-15-30-32(42)39(23-29(25-10-3-1-4-11-25)26-12-5-2-6-13-26)20-18-27(38-30)22-37-31(41)17-16-24-9-7-14-28(40)21-24/h1-7,9-14,16-17,21,28-30,42H,8,15,18-20,22-23H2,(H,41,44)(H4,38,39,40);2-8,10-15,17-18,22,29-31,39H,9,16,19-21,23-24H2,1H3,(H,38,41)(H4,35,36,37);1-7,9-14,16-17,21,27,29-30,38,40H,8,15,18-20,22-23H2,(H,37,41)(H4,34,35,36)/b17-16+;18-17+;17-16+/t28-,30-;29-,31-;27-,30-/m000/s1. The summed E-state index contributed by atoms with van der Waals surface area (Å²) in [6.07, 6.45) is 10.1. The van der Waals surface area contributed by atoms with E-state index in [4.69, 9.17) is 34.4 Å². The summed E-state index contributed by atoms with van der Waals surface area (Å²) in [6.45, 7) is 7.55. The van der Waals surface area contributed by atoms with Gasteiger partial charge in [-0.25, -0.2) is 0 Å². The van der Waals surface area contributed by atoms with Crippen LogP contribution in [0.4, 0.5) is 13.2 Å². The molecule has 0 aliphatic carbocycles. The molecule has 0 spiro atoms. The Morgan fingerprint density at radius 3 is 0.961 bits per heavy atom. The third-order valence-electron chi connectivity index (χ3n) is 22.6. The lowest BCUT2D eigenvalue weighted by Crippen LogP contribution is -2.49. The zero-order valence-corrected chi connectivity index (χ0v) is 72.9. The van der Waals surface area contributed by atoms with E-state index < -0.39 is 35.8 Å². The maximum atomic E-state index is 13.9. The molecule has 0 saturated carbocycles. The Balaban J connectivity index is 0.000000201. The lowest BCUT2D eigenvalue weighted by Gasteiger charge is -2.29. The minimum atomic E-state index is -4.47. The third kappa shape index (κ3) is 33.2. The Bertz CT molecular complexity index is 4870. The third-order valence-corrected chi connectivity index (χ3v) is 22.6. The fourth-order valence-electron chi connectivity index (χ4n) is 16.0. The van der Waals surface area contributed by atoms with Gasteiger partial charge in [-0.15, -0.1) is 0 Å². The second-order valence-electron chi connectivity index (χ2n) is 32.3. The molecule has 3 aliphatic rings. The second-order valence-corrected chi connectivity index (χ2v) is 32.3. The van der Waals surface area contributed by atoms with Gasteiger partial charge in [0, 0.05) is 133 Å². The number of guanidine groups is 3. The van der Waals surface area contributed by atoms with Gasteiger partial charge in [0.1, 0.15) is 5.75 Å². The van der Waals surface area contributed by atoms with Gasteiger partial charge >= 0.3 is 6.18 Å². The molecule has 3 heterocycles. The molecule has 0 bridgehead atoms. The van der Waals surface area contributed by atoms with Gasteiger partial charge in [-0.3, -0.25) is 43.7 Å². The van der Waals surface area contributed by atoms with Crippen LogP contribution in [-0.2, 0) is 34.9 Å². The fraction of sp³-hybridized carbons (Fsp3) is 0.317. The van der Waals surface area contributed by atoms with E-state index in [1.165, 1.54) is 41.5 Å². The van der Waals surface area contributed by atoms with E-state index in [1.807, 2.05) is 167 Å². The summed E-state index contributed by atoms with van der Waals surface area (Å²) < 4.78 is 39.1. The predicted molar refractivity (Wildman–Crippen MR) is 507 cm³/mol. The minimum absolute atomic E-state index is 0.0101. The first-order valence-corrected chi connectivity index (χ1v) is 43.9. The summed E-state index contributed by atoms with van der Waals surface area (Å²) in [5.41, 5.74) is 42.1. The molecule has 28 heteroatoms. The SMILES string of the molecule is Cc1cccc(/C=C/C(=O)NC[C@@H]2CCN(CC(c3ccccc3)c3ccccc3)C(=O)[C@H](CCCN=C(N)N)N2)c1.NC(N)=NCCC[C@@H]1N[C@H](CNC(=O)/C=C/c2cccc(C(F)(F)F)c2)CCN(CC(c2ccccc2)c2ccccc2)C1=O.NC(N)=NCCC[C@@H]1N[C@H](CNC(=O)/C=C/c2cccc(O)c2)CCN(CC(c2ccccc2)c2ccccc2)C1=O. The number of benzene rings is 9. The first-order chi connectivity index (χ1) is 62.4. The van der Waals surface area contributed by atoms with E-state index in [0.29, 0.717) is 130 Å². The number of amides is 6. The molecule has 0 radical (unpaired) electrons. The average Bonchev–Trinajstić information content (AvgIpc) is 1.75. The van der Waals surface area contributed by atoms with Crippen LogP contribution in [0.25, 0.3) is 18.2 Å². The average molecular weight is 1760 g/mol. The van der Waals surface area contributed by atoms with Crippen molar-refractivity contribution in [2.45, 2.75) is 125 Å². The van der Waals surface area contributed by atoms with Crippen LogP contribution in [0.15, 0.2) is 288 Å². The fourth-order valence-corrected chi connectivity index (χ4v) is 16.0. The van der Waals surface area contributed by atoms with Gasteiger partial charge in [-0.05, 0) is 157 Å². The Morgan fingerprint density at radius 1 is 0.403 bits per heavy atom. The van der Waals surface area contributed by atoms with E-state index in [1.54, 1.807) is 30.4 Å². The summed E-state index contributed by atoms with van der Waals surface area (Å²) in [5, 5.41) is 28.9. The first kappa shape index (κ1) is 97.5. The monoisotopic (exact) mass is 1750 g/mol. The lowest BCUT2D eigenvalue weighted by atomic mass is 9.90. The Kier molecular flexibility index (Phi) is 38.7. The lowest BCUT2D eigenvalue weighted by molar-refractivity contribution is -0.137. The highest BCUT2D eigenvalue weighted by Crippen LogP contribution is 2.33. The number of aliphatic imine (C=N–C) groups is 3. The van der Waals surface area contributed by atoms with Crippen molar-refractivity contribution in [1.29, 1.82) is 0 Å². The molecule has 129 heavy (non-hydrogen) atoms. The summed E-state index contributed by atoms with van der Waals surface area (Å²) in [6, 6.07) is 79.0. The first-order valence-electron chi connectivity index (χ1n) is 43.9. The minimum Gasteiger partial charge on any atom is -0.508 e. The number of aromatic hydroxyl groups is 1. The largest absolute Gasteiger partial charge is 0.508 e. The van der Waals surface area contributed by atoms with Gasteiger partial charge in [0.2, 0.25) is 35.4 Å². The molecule has 19 N–H and O–H groups in total. The molecule has 6 amide bonds. The molecule has 12 rings (SSSR count). The highest BCUT2D eigenvalue weighted by atomic mass is 19.4. The highest BCUT2D eigenvalue weighted by molar-refractivity contribution is 5.93. The number of nitrogens with two attached hydrogens (primary N) is 6. The van der Waals surface area contributed by atoms with E-state index >= 15 is 0 Å². The number of alkyl halides is 3. The van der Waals surface area contributed by atoms with Gasteiger partial charge in [-0.1, -0.05) is 236 Å². The summed E-state index contributed by atoms with van der Waals surface area (Å²) in [7, 11) is 0. The van der Waals surface area contributed by atoms with Crippen LogP contribution in [0, 0.1) is 6.92 Å². The number of rotatable bonds is 36. The molecule has 678 valence electrons. The highest BCUT2D eigenvalue weighted by Gasteiger charge is 2.37. The van der Waals surface area contributed by atoms with Crippen molar-refractivity contribution in [2.75, 3.05) is 78.5 Å². The number of phenolic OH excluding ortho intramolecular Hbond substituents is 1. The van der Waals surface area contributed by atoms with Crippen molar-refractivity contribution < 1.29 is 47.0 Å². The topological polar surface area (TPSA) is 398 Å². The van der Waals surface area contributed by atoms with Gasteiger partial charge in [0.15, 0.2) is 17.9 Å². The van der Waals surface area contributed by atoms with Crippen LogP contribution in [0.2, 0.25) is 0 Å². The van der Waals surface area contributed by atoms with Crippen molar-refractivity contribution >= 4 is 71.5 Å². The molecule has 9 aromatic rings. The van der Waals surface area contributed by atoms with Crippen molar-refractivity contribution in [2.24, 2.45) is 49.4 Å². The molecule has 25 nitrogen and oxygen atoms in total. The number of phenols is 1. The van der Waals surface area contributed by atoms with Crippen molar-refractivity contribution in [3.63, 3.8) is 0 Å². The number of carbonyl (C=O) groups excluding carboxylic acids is 6. The maximum Gasteiger partial charge on any atom is 0.416 e. The number of hydrogen-bond acceptors (Lipinski definition) is 13. The van der Waals surface area contributed by atoms with E-state index in [-0.39, 0.29) is 101 Å². The second kappa shape index (κ2) is 51.2. The van der Waals surface area contributed by atoms with Crippen LogP contribution in [0.5, 0.6) is 5.75 Å². The summed E-state index contributed by atoms with van der Waals surface area (Å²) >= 11 is 0. The van der Waals surface area contributed by atoms with E-state index in [9.17, 15) is 47.0 Å². The normalized spacial score (nSPS) is 17.3. The van der Waals surface area contributed by atoms with Crippen molar-refractivity contribution in [3.05, 3.63) is 334 Å². The Morgan fingerprint density at radius 2 is 0.682 bits per heavy atom. The smallest absolute Gasteiger partial charge is 0.416 e. The summed E-state index contributed by atoms with van der Waals surface area (Å²) in [4.78, 5) is 97.6. The predicted octanol–water partition coefficient (Wildman–Crippen LogP) is 10.8. The number of nitrogens with zero attached hydrogens (tertiary/aromatic N) is 6. The molecule has 6 atom stereocenters. The molecular formula is C101H121F3N18O7. The Hall–Kier alpha value is -13.7. The molecular weight excluding hydrogens is 1630 g/mol. The number of carbonyl (C=O) groups is 6. The quantitative estimate of drug-likeness (QED) is 0.00751. The molecule has 3 aliphatic heterocycles. The van der Waals surface area contributed by atoms with Crippen molar-refractivity contribution in [1.82, 2.24) is 46.6 Å². The molecule has 3 fully saturated rings. The van der Waals surface area contributed by atoms with E-state index in [0.717, 1.165) is 51.1 Å². The van der Waals surface area contributed by atoms with Crippen LogP contribution in [0.3, 0.4) is 0 Å². The van der Waals surface area contributed by atoms with Crippen molar-refractivity contribution in [3.8, 4) is 5.75 Å². The van der Waals surface area contributed by atoms with Crippen LogP contribution in [0.1, 0.15) is 137 Å². The van der Waals surface area contributed by atoms with Gasteiger partial charge in [0.05, 0.1) is 23.7 Å². The van der Waals surface area contributed by atoms with Crippen LogP contribution < -0.4 is 66.3 Å². The van der Waals surface area contributed by atoms with Crippen LogP contribution in [-0.4, -0.2) is 188 Å². The maximum absolute atomic E-state index is 13.9. The number of halogens is 3. The van der Waals surface area contributed by atoms with Crippen LogP contribution >= 0.6 is 0 Å². The molecule has 0 aromatic heterocycles. The van der Waals surface area contributed by atoms with Gasteiger partial charge < -0.3 is 86.1 Å². The molecule has 9 aromatic carbocycles. The molecule has 0 unspecified atom stereocenters. The van der Waals surface area contributed by atoms with Gasteiger partial charge in [-0.2, -0.15) is 13.2 Å². The zero-order valence-electron chi connectivity index (χ0n) is 72.9. The summed E-state index contributed by atoms with van der Waals surface area (Å²) in [5.74, 6) is -0.545. The Labute approximate surface area is 754 Å².